The molecule has 2 nitrogen and oxygen atoms in total. The Morgan fingerprint density at radius 2 is 1.58 bits per heavy atom. The highest BCUT2D eigenvalue weighted by molar-refractivity contribution is 5.78. The highest BCUT2D eigenvalue weighted by Crippen LogP contribution is 2.58. The molecule has 0 aliphatic heterocycles. The number of hydrogen-bond acceptors (Lipinski definition) is 1. The molecule has 1 fully saturated rings. The van der Waals surface area contributed by atoms with Crippen LogP contribution < -0.4 is 0 Å². The summed E-state index contributed by atoms with van der Waals surface area (Å²) in [5.41, 5.74) is -0.321. The van der Waals surface area contributed by atoms with Gasteiger partial charge in [0.1, 0.15) is 0 Å². The van der Waals surface area contributed by atoms with Gasteiger partial charge in [-0.25, -0.2) is 0 Å². The van der Waals surface area contributed by atoms with Gasteiger partial charge in [-0.1, -0.05) is 71.6 Å². The molecule has 0 aromatic heterocycles. The Kier molecular flexibility index (Phi) is 7.48. The van der Waals surface area contributed by atoms with Gasteiger partial charge in [0, 0.05) is 0 Å². The van der Waals surface area contributed by atoms with Crippen LogP contribution in [0.3, 0.4) is 0 Å². The predicted octanol–water partition coefficient (Wildman–Crippen LogP) is 5.41. The lowest BCUT2D eigenvalue weighted by Crippen LogP contribution is -2.17. The Morgan fingerprint density at radius 1 is 1.00 bits per heavy atom. The number of aliphatic carboxylic acids is 1. The molecule has 1 aliphatic carbocycles. The summed E-state index contributed by atoms with van der Waals surface area (Å²) in [6, 6.07) is 0. The summed E-state index contributed by atoms with van der Waals surface area (Å²) in [7, 11) is 0. The lowest BCUT2D eigenvalue weighted by molar-refractivity contribution is -0.144. The van der Waals surface area contributed by atoms with E-state index in [1.807, 2.05) is 0 Å². The maximum atomic E-state index is 11.4. The summed E-state index contributed by atoms with van der Waals surface area (Å²) >= 11 is 0. The third kappa shape index (κ3) is 5.16. The Bertz CT molecular complexity index is 262. The van der Waals surface area contributed by atoms with E-state index < -0.39 is 5.97 Å². The zero-order valence-electron chi connectivity index (χ0n) is 12.9. The molecule has 0 spiro atoms. The van der Waals surface area contributed by atoms with Crippen molar-refractivity contribution >= 4 is 5.97 Å². The largest absolute Gasteiger partial charge is 0.481 e. The van der Waals surface area contributed by atoms with Crippen molar-refractivity contribution in [2.75, 3.05) is 0 Å². The van der Waals surface area contributed by atoms with Crippen molar-refractivity contribution in [1.29, 1.82) is 0 Å². The second kappa shape index (κ2) is 8.60. The maximum absolute atomic E-state index is 11.4. The molecule has 0 heterocycles. The molecule has 1 saturated carbocycles. The first-order valence-corrected chi connectivity index (χ1v) is 8.40. The van der Waals surface area contributed by atoms with E-state index in [9.17, 15) is 9.90 Å². The molecule has 0 radical (unpaired) electrons. The molecule has 0 aromatic rings. The Morgan fingerprint density at radius 3 is 2.11 bits per heavy atom. The van der Waals surface area contributed by atoms with Gasteiger partial charge in [-0.05, 0) is 25.2 Å². The summed E-state index contributed by atoms with van der Waals surface area (Å²) in [5.74, 6) is -0.0616. The predicted molar refractivity (Wildman–Crippen MR) is 80.3 cm³/mol. The molecule has 0 amide bonds. The number of hydrogen-bond donors (Lipinski definition) is 1. The van der Waals surface area contributed by atoms with Gasteiger partial charge in [0.05, 0.1) is 5.41 Å². The number of unbranched alkanes of at least 4 members (excludes halogenated alkanes) is 7. The number of carboxylic acid groups (broad SMARTS) is 1. The van der Waals surface area contributed by atoms with Crippen LogP contribution in [0.1, 0.15) is 90.9 Å². The number of carbonyl (C=O) groups is 1. The second-order valence-electron chi connectivity index (χ2n) is 6.38. The maximum Gasteiger partial charge on any atom is 0.309 e. The average molecular weight is 268 g/mol. The highest BCUT2D eigenvalue weighted by Gasteiger charge is 2.58. The standard InChI is InChI=1S/C17H32O2/c1-3-5-6-7-8-9-10-11-13-17(16(18)19)14-15(17)12-4-2/h15H,3-14H2,1-2H3,(H,18,19). The summed E-state index contributed by atoms with van der Waals surface area (Å²) in [4.78, 5) is 11.4. The van der Waals surface area contributed by atoms with Gasteiger partial charge in [0.2, 0.25) is 0 Å². The molecule has 112 valence electrons. The van der Waals surface area contributed by atoms with Crippen LogP contribution in [0.25, 0.3) is 0 Å². The van der Waals surface area contributed by atoms with E-state index >= 15 is 0 Å². The highest BCUT2D eigenvalue weighted by atomic mass is 16.4. The first-order valence-electron chi connectivity index (χ1n) is 8.40. The quantitative estimate of drug-likeness (QED) is 0.481. The van der Waals surface area contributed by atoms with Crippen molar-refractivity contribution in [3.05, 3.63) is 0 Å². The summed E-state index contributed by atoms with van der Waals surface area (Å²) in [6.07, 6.45) is 14.4. The summed E-state index contributed by atoms with van der Waals surface area (Å²) in [6.45, 7) is 4.40. The van der Waals surface area contributed by atoms with Gasteiger partial charge < -0.3 is 5.11 Å². The van der Waals surface area contributed by atoms with Crippen LogP contribution >= 0.6 is 0 Å². The lowest BCUT2D eigenvalue weighted by Gasteiger charge is -2.12. The molecule has 0 saturated heterocycles. The van der Waals surface area contributed by atoms with Crippen molar-refractivity contribution in [3.63, 3.8) is 0 Å². The fourth-order valence-corrected chi connectivity index (χ4v) is 3.36. The molecule has 1 N–H and O–H groups in total. The van der Waals surface area contributed by atoms with Crippen molar-refractivity contribution in [3.8, 4) is 0 Å². The Balaban J connectivity index is 2.06. The van der Waals surface area contributed by atoms with E-state index in [2.05, 4.69) is 13.8 Å². The zero-order valence-corrected chi connectivity index (χ0v) is 12.9. The topological polar surface area (TPSA) is 37.3 Å². The minimum absolute atomic E-state index is 0.321. The van der Waals surface area contributed by atoms with E-state index in [1.165, 1.54) is 44.9 Å². The van der Waals surface area contributed by atoms with Gasteiger partial charge in [0.25, 0.3) is 0 Å². The molecule has 2 heteroatoms. The number of rotatable bonds is 12. The average Bonchev–Trinajstić information content (AvgIpc) is 3.08. The first-order chi connectivity index (χ1) is 9.17. The van der Waals surface area contributed by atoms with Crippen LogP contribution in [-0.2, 0) is 4.79 Å². The van der Waals surface area contributed by atoms with Gasteiger partial charge >= 0.3 is 5.97 Å². The van der Waals surface area contributed by atoms with Crippen LogP contribution in [0.4, 0.5) is 0 Å². The van der Waals surface area contributed by atoms with Crippen LogP contribution in [0, 0.1) is 11.3 Å². The summed E-state index contributed by atoms with van der Waals surface area (Å²) in [5, 5.41) is 9.40. The third-order valence-electron chi connectivity index (χ3n) is 4.77. The fourth-order valence-electron chi connectivity index (χ4n) is 3.36. The monoisotopic (exact) mass is 268 g/mol. The summed E-state index contributed by atoms with van der Waals surface area (Å²) < 4.78 is 0. The molecule has 2 unspecified atom stereocenters. The van der Waals surface area contributed by atoms with Crippen molar-refractivity contribution in [2.45, 2.75) is 90.9 Å². The molecule has 1 rings (SSSR count). The van der Waals surface area contributed by atoms with Gasteiger partial charge in [-0.2, -0.15) is 0 Å². The van der Waals surface area contributed by atoms with Gasteiger partial charge in [-0.15, -0.1) is 0 Å². The van der Waals surface area contributed by atoms with Crippen LogP contribution in [0.2, 0.25) is 0 Å². The Hall–Kier alpha value is -0.530. The van der Waals surface area contributed by atoms with Gasteiger partial charge in [0.15, 0.2) is 0 Å². The normalized spacial score (nSPS) is 25.5. The minimum Gasteiger partial charge on any atom is -0.481 e. The Labute approximate surface area is 119 Å². The van der Waals surface area contributed by atoms with E-state index in [-0.39, 0.29) is 5.41 Å². The molecule has 0 aromatic carbocycles. The van der Waals surface area contributed by atoms with E-state index in [1.54, 1.807) is 0 Å². The van der Waals surface area contributed by atoms with Crippen LogP contribution in [-0.4, -0.2) is 11.1 Å². The fraction of sp³-hybridized carbons (Fsp3) is 0.941. The molecular weight excluding hydrogens is 236 g/mol. The SMILES string of the molecule is CCCCCCCCCCC1(C(=O)O)CC1CCC. The molecule has 1 aliphatic rings. The molecule has 0 bridgehead atoms. The van der Waals surface area contributed by atoms with Gasteiger partial charge in [-0.3, -0.25) is 4.79 Å². The number of carboxylic acids is 1. The molecule has 2 atom stereocenters. The van der Waals surface area contributed by atoms with Crippen LogP contribution in [0.5, 0.6) is 0 Å². The third-order valence-corrected chi connectivity index (χ3v) is 4.77. The lowest BCUT2D eigenvalue weighted by atomic mass is 9.93. The van der Waals surface area contributed by atoms with Crippen LogP contribution in [0.15, 0.2) is 0 Å². The second-order valence-corrected chi connectivity index (χ2v) is 6.38. The molecular formula is C17H32O2. The van der Waals surface area contributed by atoms with E-state index in [4.69, 9.17) is 0 Å². The first kappa shape index (κ1) is 16.5. The van der Waals surface area contributed by atoms with Crippen molar-refractivity contribution in [2.24, 2.45) is 11.3 Å². The van der Waals surface area contributed by atoms with E-state index in [0.717, 1.165) is 32.1 Å². The van der Waals surface area contributed by atoms with E-state index in [0.29, 0.717) is 5.92 Å². The zero-order chi connectivity index (χ0) is 14.1. The minimum atomic E-state index is -0.533. The smallest absolute Gasteiger partial charge is 0.309 e. The molecule has 19 heavy (non-hydrogen) atoms. The van der Waals surface area contributed by atoms with Crippen molar-refractivity contribution in [1.82, 2.24) is 0 Å². The van der Waals surface area contributed by atoms with Crippen molar-refractivity contribution < 1.29 is 9.90 Å².